The molecule has 0 saturated carbocycles. The largest absolute Gasteiger partial charge is 0.458 e. The summed E-state index contributed by atoms with van der Waals surface area (Å²) in [6.07, 6.45) is -0.00924. The molecule has 0 aliphatic carbocycles. The van der Waals surface area contributed by atoms with E-state index in [-0.39, 0.29) is 18.7 Å². The van der Waals surface area contributed by atoms with Crippen LogP contribution in [0, 0.1) is 0 Å². The molecule has 2 heterocycles. The molecule has 0 unspecified atom stereocenters. The van der Waals surface area contributed by atoms with E-state index in [1.165, 1.54) is 5.01 Å². The third kappa shape index (κ3) is 3.34. The zero-order valence-electron chi connectivity index (χ0n) is 12.7. The van der Waals surface area contributed by atoms with Gasteiger partial charge in [-0.25, -0.2) is 9.80 Å². The lowest BCUT2D eigenvalue weighted by Gasteiger charge is -2.42. The second kappa shape index (κ2) is 5.63. The minimum absolute atomic E-state index is 0.0890. The van der Waals surface area contributed by atoms with Crippen molar-refractivity contribution < 1.29 is 24.2 Å². The molecular weight excluding hydrogens is 276 g/mol. The van der Waals surface area contributed by atoms with Gasteiger partial charge in [0.1, 0.15) is 11.7 Å². The highest BCUT2D eigenvalue weighted by Crippen LogP contribution is 2.26. The molecule has 7 heteroatoms. The molecular formula is C14H22N2O5. The van der Waals surface area contributed by atoms with Crippen LogP contribution >= 0.6 is 0 Å². The molecule has 7 nitrogen and oxygen atoms in total. The molecule has 21 heavy (non-hydrogen) atoms. The monoisotopic (exact) mass is 298 g/mol. The Kier molecular flexibility index (Phi) is 4.22. The molecule has 0 aromatic heterocycles. The Morgan fingerprint density at radius 1 is 1.29 bits per heavy atom. The first kappa shape index (κ1) is 15.8. The summed E-state index contributed by atoms with van der Waals surface area (Å²) in [6, 6.07) is -0.845. The Labute approximate surface area is 123 Å². The quantitative estimate of drug-likeness (QED) is 0.700. The molecule has 2 atom stereocenters. The molecule has 2 fully saturated rings. The number of hydrogen-bond acceptors (Lipinski definition) is 5. The van der Waals surface area contributed by atoms with E-state index in [1.54, 1.807) is 20.8 Å². The van der Waals surface area contributed by atoms with E-state index in [9.17, 15) is 19.5 Å². The van der Waals surface area contributed by atoms with E-state index < -0.39 is 29.6 Å². The molecule has 118 valence electrons. The summed E-state index contributed by atoms with van der Waals surface area (Å²) < 4.78 is 5.33. The highest BCUT2D eigenvalue weighted by atomic mass is 16.6. The molecule has 2 rings (SSSR count). The van der Waals surface area contributed by atoms with Crippen LogP contribution in [0.25, 0.3) is 0 Å². The van der Waals surface area contributed by atoms with Crippen molar-refractivity contribution in [2.75, 3.05) is 6.54 Å². The van der Waals surface area contributed by atoms with Crippen molar-refractivity contribution in [1.82, 2.24) is 10.0 Å². The molecule has 2 saturated heterocycles. The summed E-state index contributed by atoms with van der Waals surface area (Å²) in [4.78, 5) is 36.6. The maximum Gasteiger partial charge on any atom is 0.331 e. The number of aliphatic hydroxyl groups excluding tert-OH is 1. The molecule has 0 bridgehead atoms. The fourth-order valence-corrected chi connectivity index (χ4v) is 2.60. The lowest BCUT2D eigenvalue weighted by atomic mass is 10.1. The fraction of sp³-hybridized carbons (Fsp3) is 0.786. The van der Waals surface area contributed by atoms with Crippen molar-refractivity contribution in [2.24, 2.45) is 0 Å². The highest BCUT2D eigenvalue weighted by molar-refractivity contribution is 5.91. The molecule has 1 N–H and O–H groups in total. The second-order valence-corrected chi connectivity index (χ2v) is 6.45. The Bertz CT molecular complexity index is 457. The Hall–Kier alpha value is -1.63. The summed E-state index contributed by atoms with van der Waals surface area (Å²) in [5.74, 6) is -1.38. The summed E-state index contributed by atoms with van der Waals surface area (Å²) in [6.45, 7) is 5.62. The van der Waals surface area contributed by atoms with Crippen molar-refractivity contribution in [3.8, 4) is 0 Å². The van der Waals surface area contributed by atoms with Gasteiger partial charge in [-0.05, 0) is 40.0 Å². The molecule has 2 amide bonds. The number of rotatable bonds is 1. The number of ether oxygens (including phenoxy) is 1. The lowest BCUT2D eigenvalue weighted by Crippen LogP contribution is -2.61. The van der Waals surface area contributed by atoms with Crippen LogP contribution in [0.5, 0.6) is 0 Å². The van der Waals surface area contributed by atoms with Crippen LogP contribution in [-0.4, -0.2) is 57.2 Å². The first-order valence-corrected chi connectivity index (χ1v) is 7.25. The van der Waals surface area contributed by atoms with Crippen LogP contribution in [0.4, 0.5) is 0 Å². The smallest absolute Gasteiger partial charge is 0.331 e. The average Bonchev–Trinajstić information content (AvgIpc) is 2.50. The third-order valence-corrected chi connectivity index (χ3v) is 3.51. The zero-order valence-corrected chi connectivity index (χ0v) is 12.7. The predicted molar refractivity (Wildman–Crippen MR) is 72.7 cm³/mol. The Morgan fingerprint density at radius 3 is 2.57 bits per heavy atom. The van der Waals surface area contributed by atoms with Gasteiger partial charge in [0.25, 0.3) is 5.91 Å². The summed E-state index contributed by atoms with van der Waals surface area (Å²) in [7, 11) is 0. The van der Waals surface area contributed by atoms with Crippen molar-refractivity contribution in [1.29, 1.82) is 0 Å². The van der Waals surface area contributed by atoms with Gasteiger partial charge in [0, 0.05) is 13.0 Å². The van der Waals surface area contributed by atoms with Gasteiger partial charge in [0.15, 0.2) is 6.04 Å². The van der Waals surface area contributed by atoms with Gasteiger partial charge in [0.2, 0.25) is 5.91 Å². The van der Waals surface area contributed by atoms with Crippen molar-refractivity contribution in [2.45, 2.75) is 64.2 Å². The van der Waals surface area contributed by atoms with Gasteiger partial charge < -0.3 is 9.84 Å². The minimum atomic E-state index is -1.25. The van der Waals surface area contributed by atoms with E-state index in [0.29, 0.717) is 19.4 Å². The molecule has 2 aliphatic rings. The van der Waals surface area contributed by atoms with Crippen molar-refractivity contribution in [3.63, 3.8) is 0 Å². The fourth-order valence-electron chi connectivity index (χ4n) is 2.60. The number of amides is 2. The van der Waals surface area contributed by atoms with Crippen molar-refractivity contribution >= 4 is 17.8 Å². The maximum atomic E-state index is 12.3. The summed E-state index contributed by atoms with van der Waals surface area (Å²) >= 11 is 0. The number of fused-ring (bicyclic) bond motifs is 1. The average molecular weight is 298 g/mol. The molecule has 0 aromatic rings. The van der Waals surface area contributed by atoms with Gasteiger partial charge in [-0.15, -0.1) is 0 Å². The standard InChI is InChI=1S/C14H22N2O5/c1-14(2,3)21-13(20)9-5-4-8-15-11(18)7-6-10(17)12(19)16(9)15/h9-10,17H,4-8H2,1-3H3/t9-,10-/m0/s1. The lowest BCUT2D eigenvalue weighted by molar-refractivity contribution is -0.190. The third-order valence-electron chi connectivity index (χ3n) is 3.51. The first-order valence-electron chi connectivity index (χ1n) is 7.25. The van der Waals surface area contributed by atoms with Crippen LogP contribution in [-0.2, 0) is 19.1 Å². The highest BCUT2D eigenvalue weighted by Gasteiger charge is 2.44. The van der Waals surface area contributed by atoms with E-state index in [0.717, 1.165) is 5.01 Å². The van der Waals surface area contributed by atoms with E-state index in [4.69, 9.17) is 4.74 Å². The van der Waals surface area contributed by atoms with Crippen LogP contribution in [0.3, 0.4) is 0 Å². The number of hydrazine groups is 1. The van der Waals surface area contributed by atoms with E-state index in [1.807, 2.05) is 0 Å². The molecule has 0 aromatic carbocycles. The zero-order chi connectivity index (χ0) is 15.8. The summed E-state index contributed by atoms with van der Waals surface area (Å²) in [5.41, 5.74) is -0.670. The van der Waals surface area contributed by atoms with Crippen molar-refractivity contribution in [3.05, 3.63) is 0 Å². The minimum Gasteiger partial charge on any atom is -0.458 e. The van der Waals surface area contributed by atoms with E-state index >= 15 is 0 Å². The summed E-state index contributed by atoms with van der Waals surface area (Å²) in [5, 5.41) is 12.2. The van der Waals surface area contributed by atoms with E-state index in [2.05, 4.69) is 0 Å². The number of nitrogens with zero attached hydrogens (tertiary/aromatic N) is 2. The number of aliphatic hydroxyl groups is 1. The maximum absolute atomic E-state index is 12.3. The molecule has 0 radical (unpaired) electrons. The van der Waals surface area contributed by atoms with Gasteiger partial charge in [0.05, 0.1) is 0 Å². The van der Waals surface area contributed by atoms with Crippen LogP contribution in [0.15, 0.2) is 0 Å². The number of esters is 1. The van der Waals surface area contributed by atoms with Crippen LogP contribution in [0.1, 0.15) is 46.5 Å². The number of hydrogen-bond donors (Lipinski definition) is 1. The molecule has 0 spiro atoms. The Balaban J connectivity index is 2.27. The normalized spacial score (nSPS) is 27.2. The van der Waals surface area contributed by atoms with Crippen LogP contribution in [0.2, 0.25) is 0 Å². The van der Waals surface area contributed by atoms with Gasteiger partial charge in [-0.2, -0.15) is 0 Å². The first-order chi connectivity index (χ1) is 9.70. The van der Waals surface area contributed by atoms with Gasteiger partial charge >= 0.3 is 5.97 Å². The van der Waals surface area contributed by atoms with Crippen LogP contribution < -0.4 is 0 Å². The van der Waals surface area contributed by atoms with Gasteiger partial charge in [-0.1, -0.05) is 0 Å². The second-order valence-electron chi connectivity index (χ2n) is 6.45. The number of carbonyl (C=O) groups excluding carboxylic acids is 3. The molecule has 2 aliphatic heterocycles. The topological polar surface area (TPSA) is 87.1 Å². The SMILES string of the molecule is CC(C)(C)OC(=O)[C@@H]1CCCN2C(=O)CC[C@H](O)C(=O)N12. The van der Waals surface area contributed by atoms with Gasteiger partial charge in [-0.3, -0.25) is 14.6 Å². The number of carbonyl (C=O) groups is 3. The predicted octanol–water partition coefficient (Wildman–Crippen LogP) is 0.217. The Morgan fingerprint density at radius 2 is 1.95 bits per heavy atom.